The van der Waals surface area contributed by atoms with Crippen molar-refractivity contribution in [3.63, 3.8) is 0 Å². The van der Waals surface area contributed by atoms with Crippen molar-refractivity contribution in [1.82, 2.24) is 5.32 Å². The Hall–Kier alpha value is -0.910. The number of carbonyl (C=O) groups is 1. The van der Waals surface area contributed by atoms with Crippen molar-refractivity contribution in [3.05, 3.63) is 12.2 Å². The van der Waals surface area contributed by atoms with Gasteiger partial charge in [0.2, 0.25) is 11.7 Å². The second-order valence-corrected chi connectivity index (χ2v) is 3.01. The van der Waals surface area contributed by atoms with Crippen molar-refractivity contribution in [1.29, 1.82) is 0 Å². The molecule has 0 aromatic carbocycles. The zero-order valence-electron chi connectivity index (χ0n) is 8.57. The fourth-order valence-electron chi connectivity index (χ4n) is 1.16. The van der Waals surface area contributed by atoms with Crippen LogP contribution in [0, 0.1) is 0 Å². The van der Waals surface area contributed by atoms with Crippen LogP contribution < -0.4 is 5.32 Å². The topological polar surface area (TPSA) is 56.8 Å². The molecule has 5 heteroatoms. The van der Waals surface area contributed by atoms with Gasteiger partial charge in [-0.15, -0.1) is 0 Å². The number of ether oxygens (including phenoxy) is 3. The lowest BCUT2D eigenvalue weighted by atomic mass is 10.2. The van der Waals surface area contributed by atoms with Gasteiger partial charge in [-0.2, -0.15) is 0 Å². The number of rotatable bonds is 4. The van der Waals surface area contributed by atoms with Crippen LogP contribution in [0.25, 0.3) is 0 Å². The summed E-state index contributed by atoms with van der Waals surface area (Å²) in [7, 11) is 3.06. The van der Waals surface area contributed by atoms with Gasteiger partial charge in [0.15, 0.2) is 6.29 Å². The van der Waals surface area contributed by atoms with Crippen LogP contribution in [-0.4, -0.2) is 38.7 Å². The fourth-order valence-corrected chi connectivity index (χ4v) is 1.16. The van der Waals surface area contributed by atoms with Crippen LogP contribution in [0.2, 0.25) is 0 Å². The van der Waals surface area contributed by atoms with E-state index in [0.717, 1.165) is 0 Å². The molecule has 1 N–H and O–H groups in total. The van der Waals surface area contributed by atoms with Crippen molar-refractivity contribution in [2.45, 2.75) is 19.0 Å². The molecule has 0 fully saturated rings. The average Bonchev–Trinajstić information content (AvgIpc) is 2.59. The van der Waals surface area contributed by atoms with E-state index in [2.05, 4.69) is 5.32 Å². The van der Waals surface area contributed by atoms with Gasteiger partial charge in [-0.05, 0) is 12.2 Å². The Morgan fingerprint density at radius 1 is 1.64 bits per heavy atom. The summed E-state index contributed by atoms with van der Waals surface area (Å²) in [5, 5.41) is 2.63. The van der Waals surface area contributed by atoms with E-state index in [4.69, 9.17) is 14.2 Å². The largest absolute Gasteiger partial charge is 0.352 e. The van der Waals surface area contributed by atoms with Crippen molar-refractivity contribution in [3.8, 4) is 0 Å². The Balaban J connectivity index is 2.52. The highest BCUT2D eigenvalue weighted by Crippen LogP contribution is 2.23. The SMILES string of the molecule is CO[C@@H]1C=C[C@@](CNC(C)=O)(OC)O1. The van der Waals surface area contributed by atoms with Gasteiger partial charge < -0.3 is 19.5 Å². The summed E-state index contributed by atoms with van der Waals surface area (Å²) in [5.74, 6) is -1.02. The molecule has 0 aromatic rings. The molecule has 0 unspecified atom stereocenters. The minimum Gasteiger partial charge on any atom is -0.352 e. The molecule has 1 amide bonds. The smallest absolute Gasteiger partial charge is 0.217 e. The highest BCUT2D eigenvalue weighted by Gasteiger charge is 2.35. The molecule has 0 aliphatic carbocycles. The molecular weight excluding hydrogens is 186 g/mol. The van der Waals surface area contributed by atoms with E-state index in [0.29, 0.717) is 0 Å². The van der Waals surface area contributed by atoms with Crippen LogP contribution >= 0.6 is 0 Å². The lowest BCUT2D eigenvalue weighted by Gasteiger charge is -2.26. The summed E-state index contributed by atoms with van der Waals surface area (Å²) in [5.41, 5.74) is 0. The fraction of sp³-hybridized carbons (Fsp3) is 0.667. The molecule has 0 saturated carbocycles. The molecule has 0 spiro atoms. The van der Waals surface area contributed by atoms with Gasteiger partial charge >= 0.3 is 0 Å². The number of amides is 1. The Labute approximate surface area is 83.0 Å². The number of carbonyl (C=O) groups excluding carboxylic acids is 1. The van der Waals surface area contributed by atoms with Crippen LogP contribution in [0.4, 0.5) is 0 Å². The first-order valence-electron chi connectivity index (χ1n) is 4.31. The number of hydrogen-bond acceptors (Lipinski definition) is 4. The lowest BCUT2D eigenvalue weighted by molar-refractivity contribution is -0.239. The normalized spacial score (nSPS) is 30.6. The quantitative estimate of drug-likeness (QED) is 0.652. The van der Waals surface area contributed by atoms with Crippen molar-refractivity contribution >= 4 is 5.91 Å². The van der Waals surface area contributed by atoms with Gasteiger partial charge in [0.05, 0.1) is 6.54 Å². The molecule has 1 aliphatic rings. The Morgan fingerprint density at radius 3 is 2.79 bits per heavy atom. The van der Waals surface area contributed by atoms with Gasteiger partial charge in [-0.25, -0.2) is 0 Å². The minimum absolute atomic E-state index is 0.126. The maximum absolute atomic E-state index is 10.7. The van der Waals surface area contributed by atoms with E-state index in [-0.39, 0.29) is 12.5 Å². The van der Waals surface area contributed by atoms with Gasteiger partial charge in [0.25, 0.3) is 0 Å². The lowest BCUT2D eigenvalue weighted by Crippen LogP contribution is -2.44. The second-order valence-electron chi connectivity index (χ2n) is 3.01. The zero-order valence-corrected chi connectivity index (χ0v) is 8.57. The van der Waals surface area contributed by atoms with Crippen molar-refractivity contribution < 1.29 is 19.0 Å². The molecular formula is C9H15NO4. The first-order chi connectivity index (χ1) is 6.62. The predicted octanol–water partition coefficient (Wildman–Crippen LogP) is 0.0241. The van der Waals surface area contributed by atoms with Crippen LogP contribution in [0.15, 0.2) is 12.2 Å². The highest BCUT2D eigenvalue weighted by molar-refractivity contribution is 5.72. The Bertz CT molecular complexity index is 241. The monoisotopic (exact) mass is 201 g/mol. The van der Waals surface area contributed by atoms with E-state index in [9.17, 15) is 4.79 Å². The number of methoxy groups -OCH3 is 2. The standard InChI is InChI=1S/C9H15NO4/c1-7(11)10-6-9(13-3)5-4-8(12-2)14-9/h4-5,8H,6H2,1-3H3,(H,10,11)/t8-,9+/m0/s1. The van der Waals surface area contributed by atoms with Gasteiger partial charge in [0.1, 0.15) is 0 Å². The summed E-state index contributed by atoms with van der Waals surface area (Å²) >= 11 is 0. The van der Waals surface area contributed by atoms with Gasteiger partial charge in [-0.1, -0.05) is 0 Å². The summed E-state index contributed by atoms with van der Waals surface area (Å²) in [6.07, 6.45) is 3.06. The van der Waals surface area contributed by atoms with Crippen LogP contribution in [0.5, 0.6) is 0 Å². The maximum Gasteiger partial charge on any atom is 0.217 e. The molecule has 5 nitrogen and oxygen atoms in total. The molecule has 80 valence electrons. The summed E-state index contributed by atoms with van der Waals surface area (Å²) in [4.78, 5) is 10.7. The Kier molecular flexibility index (Phi) is 3.62. The van der Waals surface area contributed by atoms with Gasteiger partial charge in [-0.3, -0.25) is 4.79 Å². The van der Waals surface area contributed by atoms with Crippen LogP contribution in [0.3, 0.4) is 0 Å². The molecule has 2 atom stereocenters. The first-order valence-corrected chi connectivity index (χ1v) is 4.31. The second kappa shape index (κ2) is 4.54. The molecule has 1 heterocycles. The molecule has 1 rings (SSSR count). The van der Waals surface area contributed by atoms with E-state index >= 15 is 0 Å². The van der Waals surface area contributed by atoms with Gasteiger partial charge in [0, 0.05) is 21.1 Å². The number of nitrogens with one attached hydrogen (secondary N) is 1. The van der Waals surface area contributed by atoms with E-state index in [1.54, 1.807) is 19.3 Å². The third-order valence-corrected chi connectivity index (χ3v) is 1.98. The number of hydrogen-bond donors (Lipinski definition) is 1. The third kappa shape index (κ3) is 2.54. The van der Waals surface area contributed by atoms with Crippen molar-refractivity contribution in [2.24, 2.45) is 0 Å². The van der Waals surface area contributed by atoms with E-state index < -0.39 is 12.1 Å². The molecule has 0 radical (unpaired) electrons. The highest BCUT2D eigenvalue weighted by atomic mass is 16.8. The predicted molar refractivity (Wildman–Crippen MR) is 49.4 cm³/mol. The summed E-state index contributed by atoms with van der Waals surface area (Å²) in [6.45, 7) is 1.71. The third-order valence-electron chi connectivity index (χ3n) is 1.98. The molecule has 0 saturated heterocycles. The molecule has 0 bridgehead atoms. The zero-order chi connectivity index (χ0) is 10.6. The van der Waals surface area contributed by atoms with E-state index in [1.807, 2.05) is 0 Å². The van der Waals surface area contributed by atoms with Crippen LogP contribution in [0.1, 0.15) is 6.92 Å². The van der Waals surface area contributed by atoms with Crippen LogP contribution in [-0.2, 0) is 19.0 Å². The summed E-state index contributed by atoms with van der Waals surface area (Å²) < 4.78 is 15.6. The first kappa shape index (κ1) is 11.2. The molecule has 14 heavy (non-hydrogen) atoms. The average molecular weight is 201 g/mol. The maximum atomic E-state index is 10.7. The summed E-state index contributed by atoms with van der Waals surface area (Å²) in [6, 6.07) is 0. The molecule has 0 aromatic heterocycles. The molecule has 1 aliphatic heterocycles. The minimum atomic E-state index is -0.896. The Morgan fingerprint density at radius 2 is 2.36 bits per heavy atom. The van der Waals surface area contributed by atoms with E-state index in [1.165, 1.54) is 14.0 Å². The van der Waals surface area contributed by atoms with Crippen molar-refractivity contribution in [2.75, 3.05) is 20.8 Å².